The second-order valence-electron chi connectivity index (χ2n) is 4.52. The molecule has 7 heteroatoms. The highest BCUT2D eigenvalue weighted by Gasteiger charge is 2.28. The Balaban J connectivity index is 2.04. The summed E-state index contributed by atoms with van der Waals surface area (Å²) in [7, 11) is -2.88. The molecule has 1 aliphatic heterocycles. The van der Waals surface area contributed by atoms with E-state index < -0.39 is 9.84 Å². The summed E-state index contributed by atoms with van der Waals surface area (Å²) in [6.45, 7) is 0.772. The van der Waals surface area contributed by atoms with Crippen molar-refractivity contribution in [2.45, 2.75) is 38.1 Å². The Morgan fingerprint density at radius 3 is 2.67 bits per heavy atom. The second-order valence-corrected chi connectivity index (χ2v) is 7.12. The van der Waals surface area contributed by atoms with Crippen LogP contribution in [0.2, 0.25) is 0 Å². The number of hydrogen-bond donors (Lipinski definition) is 2. The van der Waals surface area contributed by atoms with Crippen LogP contribution in [-0.2, 0) is 14.6 Å². The molecule has 0 aromatic heterocycles. The Morgan fingerprint density at radius 1 is 1.33 bits per heavy atom. The summed E-state index contributed by atoms with van der Waals surface area (Å²) >= 11 is 5.00. The average molecular weight is 295 g/mol. The first-order valence-corrected chi connectivity index (χ1v) is 8.51. The highest BCUT2D eigenvalue weighted by molar-refractivity contribution is 7.91. The number of hydrogen-bond acceptors (Lipinski definition) is 5. The highest BCUT2D eigenvalue weighted by Crippen LogP contribution is 2.11. The van der Waals surface area contributed by atoms with Crippen LogP contribution in [0.4, 0.5) is 0 Å². The molecule has 1 atom stereocenters. The summed E-state index contributed by atoms with van der Waals surface area (Å²) in [5.74, 6) is 0.376. The minimum atomic E-state index is -2.88. The van der Waals surface area contributed by atoms with Gasteiger partial charge in [-0.25, -0.2) is 8.42 Å². The third kappa shape index (κ3) is 6.51. The van der Waals surface area contributed by atoms with Gasteiger partial charge in [0.25, 0.3) is 5.17 Å². The lowest BCUT2D eigenvalue weighted by Gasteiger charge is -2.13. The molecule has 1 fully saturated rings. The molecule has 0 aromatic rings. The van der Waals surface area contributed by atoms with Crippen molar-refractivity contribution in [3.05, 3.63) is 0 Å². The van der Waals surface area contributed by atoms with Gasteiger partial charge in [-0.2, -0.15) is 0 Å². The molecule has 0 unspecified atom stereocenters. The van der Waals surface area contributed by atoms with Gasteiger partial charge in [0.2, 0.25) is 0 Å². The van der Waals surface area contributed by atoms with Gasteiger partial charge in [0, 0.05) is 12.6 Å². The number of aliphatic hydroxyl groups is 1. The molecule has 0 aliphatic carbocycles. The van der Waals surface area contributed by atoms with Crippen LogP contribution >= 0.6 is 12.2 Å². The molecule has 1 aliphatic rings. The Labute approximate surface area is 114 Å². The molecule has 1 saturated heterocycles. The van der Waals surface area contributed by atoms with Crippen LogP contribution in [0.15, 0.2) is 0 Å². The Hall–Kier alpha value is -0.400. The molecule has 1 heterocycles. The first kappa shape index (κ1) is 15.7. The van der Waals surface area contributed by atoms with E-state index in [0.29, 0.717) is 18.2 Å². The molecule has 0 bridgehead atoms. The number of nitrogens with one attached hydrogen (secondary N) is 1. The predicted octanol–water partition coefficient (Wildman–Crippen LogP) is 0.617. The largest absolute Gasteiger partial charge is 0.471 e. The van der Waals surface area contributed by atoms with Gasteiger partial charge in [0.1, 0.15) is 0 Å². The van der Waals surface area contributed by atoms with Crippen molar-refractivity contribution in [2.24, 2.45) is 0 Å². The van der Waals surface area contributed by atoms with E-state index in [-0.39, 0.29) is 24.2 Å². The van der Waals surface area contributed by atoms with Gasteiger partial charge < -0.3 is 15.2 Å². The summed E-state index contributed by atoms with van der Waals surface area (Å²) in [6, 6.07) is -0.100. The topological polar surface area (TPSA) is 75.6 Å². The first-order chi connectivity index (χ1) is 8.53. The SMILES string of the molecule is O=S1(=O)CC[C@H](NC(=S)OCCCCCCO)C1. The van der Waals surface area contributed by atoms with Crippen molar-refractivity contribution in [3.63, 3.8) is 0 Å². The van der Waals surface area contributed by atoms with E-state index in [1.165, 1.54) is 0 Å². The number of thiocarbonyl (C=S) groups is 1. The number of sulfone groups is 1. The van der Waals surface area contributed by atoms with E-state index in [2.05, 4.69) is 5.32 Å². The fraction of sp³-hybridized carbons (Fsp3) is 0.909. The molecule has 1 rings (SSSR count). The van der Waals surface area contributed by atoms with Crippen molar-refractivity contribution in [1.29, 1.82) is 0 Å². The molecule has 0 saturated carbocycles. The van der Waals surface area contributed by atoms with E-state index in [9.17, 15) is 8.42 Å². The molecular formula is C11H21NO4S2. The number of ether oxygens (including phenoxy) is 1. The van der Waals surface area contributed by atoms with Crippen LogP contribution < -0.4 is 5.32 Å². The third-order valence-electron chi connectivity index (χ3n) is 2.84. The van der Waals surface area contributed by atoms with Gasteiger partial charge in [-0.1, -0.05) is 6.42 Å². The fourth-order valence-electron chi connectivity index (χ4n) is 1.85. The van der Waals surface area contributed by atoms with Crippen molar-refractivity contribution in [2.75, 3.05) is 24.7 Å². The van der Waals surface area contributed by atoms with Crippen LogP contribution in [0, 0.1) is 0 Å². The highest BCUT2D eigenvalue weighted by atomic mass is 32.2. The monoisotopic (exact) mass is 295 g/mol. The first-order valence-electron chi connectivity index (χ1n) is 6.28. The lowest BCUT2D eigenvalue weighted by Crippen LogP contribution is -2.35. The van der Waals surface area contributed by atoms with E-state index in [1.807, 2.05) is 0 Å². The van der Waals surface area contributed by atoms with Crippen molar-refractivity contribution >= 4 is 27.2 Å². The van der Waals surface area contributed by atoms with E-state index in [4.69, 9.17) is 22.1 Å². The minimum absolute atomic E-state index is 0.100. The molecule has 5 nitrogen and oxygen atoms in total. The number of unbranched alkanes of at least 4 members (excludes halogenated alkanes) is 3. The second kappa shape index (κ2) is 7.91. The summed E-state index contributed by atoms with van der Waals surface area (Å²) in [4.78, 5) is 0. The standard InChI is InChI=1S/C11H21NO4S2/c13-6-3-1-2-4-7-16-11(17)12-10-5-8-18(14,15)9-10/h10,13H,1-9H2,(H,12,17)/t10-/m0/s1. The van der Waals surface area contributed by atoms with E-state index in [1.54, 1.807) is 0 Å². The lowest BCUT2D eigenvalue weighted by atomic mass is 10.2. The summed E-state index contributed by atoms with van der Waals surface area (Å²) in [5, 5.41) is 11.8. The Kier molecular flexibility index (Phi) is 6.88. The summed E-state index contributed by atoms with van der Waals surface area (Å²) in [6.07, 6.45) is 4.30. The zero-order valence-electron chi connectivity index (χ0n) is 10.4. The Bertz CT molecular complexity index is 356. The molecule has 106 valence electrons. The van der Waals surface area contributed by atoms with Gasteiger partial charge in [0.05, 0.1) is 18.1 Å². The van der Waals surface area contributed by atoms with Crippen LogP contribution in [0.1, 0.15) is 32.1 Å². The Morgan fingerprint density at radius 2 is 2.06 bits per heavy atom. The van der Waals surface area contributed by atoms with Gasteiger partial charge in [-0.3, -0.25) is 0 Å². The maximum atomic E-state index is 11.2. The minimum Gasteiger partial charge on any atom is -0.471 e. The number of rotatable bonds is 7. The van der Waals surface area contributed by atoms with E-state index in [0.717, 1.165) is 25.7 Å². The van der Waals surface area contributed by atoms with Crippen molar-refractivity contribution < 1.29 is 18.3 Å². The molecule has 18 heavy (non-hydrogen) atoms. The maximum absolute atomic E-state index is 11.2. The third-order valence-corrected chi connectivity index (χ3v) is 4.84. The van der Waals surface area contributed by atoms with Gasteiger partial charge in [0.15, 0.2) is 9.84 Å². The fourth-order valence-corrected chi connectivity index (χ4v) is 3.77. The molecule has 0 spiro atoms. The molecule has 0 amide bonds. The summed E-state index contributed by atoms with van der Waals surface area (Å²) < 4.78 is 27.8. The molecule has 0 radical (unpaired) electrons. The number of aliphatic hydroxyl groups excluding tert-OH is 1. The average Bonchev–Trinajstić information content (AvgIpc) is 2.63. The normalized spacial score (nSPS) is 21.7. The molecular weight excluding hydrogens is 274 g/mol. The van der Waals surface area contributed by atoms with Crippen molar-refractivity contribution in [1.82, 2.24) is 5.32 Å². The quantitative estimate of drug-likeness (QED) is 0.530. The summed E-state index contributed by atoms with van der Waals surface area (Å²) in [5.41, 5.74) is 0. The molecule has 0 aromatic carbocycles. The van der Waals surface area contributed by atoms with Crippen LogP contribution in [-0.4, -0.2) is 49.5 Å². The van der Waals surface area contributed by atoms with Gasteiger partial charge in [-0.05, 0) is 37.9 Å². The molecule has 2 N–H and O–H groups in total. The predicted molar refractivity (Wildman–Crippen MR) is 74.3 cm³/mol. The maximum Gasteiger partial charge on any atom is 0.256 e. The zero-order valence-corrected chi connectivity index (χ0v) is 12.1. The van der Waals surface area contributed by atoms with Crippen molar-refractivity contribution in [3.8, 4) is 0 Å². The smallest absolute Gasteiger partial charge is 0.256 e. The zero-order chi connectivity index (χ0) is 13.4. The van der Waals surface area contributed by atoms with Crippen LogP contribution in [0.25, 0.3) is 0 Å². The van der Waals surface area contributed by atoms with Gasteiger partial charge in [-0.15, -0.1) is 0 Å². The van der Waals surface area contributed by atoms with Crippen LogP contribution in [0.5, 0.6) is 0 Å². The van der Waals surface area contributed by atoms with Gasteiger partial charge >= 0.3 is 0 Å². The van der Waals surface area contributed by atoms with E-state index >= 15 is 0 Å². The lowest BCUT2D eigenvalue weighted by molar-refractivity contribution is 0.266. The van der Waals surface area contributed by atoms with Crippen LogP contribution in [0.3, 0.4) is 0 Å².